The summed E-state index contributed by atoms with van der Waals surface area (Å²) < 4.78 is 0. The van der Waals surface area contributed by atoms with Crippen molar-refractivity contribution in [3.8, 4) is 0 Å². The van der Waals surface area contributed by atoms with Gasteiger partial charge in [-0.25, -0.2) is 0 Å². The van der Waals surface area contributed by atoms with Crippen LogP contribution in [0.5, 0.6) is 0 Å². The molecule has 0 saturated carbocycles. The summed E-state index contributed by atoms with van der Waals surface area (Å²) in [4.78, 5) is 11.5. The summed E-state index contributed by atoms with van der Waals surface area (Å²) in [6.45, 7) is 10.7. The molecule has 0 aromatic carbocycles. The lowest BCUT2D eigenvalue weighted by atomic mass is 9.81. The molecule has 0 atom stereocenters. The van der Waals surface area contributed by atoms with Crippen molar-refractivity contribution in [2.45, 2.75) is 47.5 Å². The number of carbonyl (C=O) groups excluding carboxylic acids is 1. The Morgan fingerprint density at radius 1 is 1.08 bits per heavy atom. The first-order chi connectivity index (χ1) is 5.69. The molecule has 1 nitrogen and oxygen atoms in total. The second-order valence-electron chi connectivity index (χ2n) is 5.44. The van der Waals surface area contributed by atoms with E-state index in [-0.39, 0.29) is 5.41 Å². The molecule has 0 unspecified atom stereocenters. The molecular formula is C11H22OS. The van der Waals surface area contributed by atoms with E-state index in [1.165, 1.54) is 11.8 Å². The predicted molar refractivity (Wildman–Crippen MR) is 61.0 cm³/mol. The van der Waals surface area contributed by atoms with Gasteiger partial charge in [-0.1, -0.05) is 46.4 Å². The van der Waals surface area contributed by atoms with Crippen molar-refractivity contribution >= 4 is 16.9 Å². The number of carbonyl (C=O) groups is 1. The van der Waals surface area contributed by atoms with Gasteiger partial charge in [0.25, 0.3) is 0 Å². The van der Waals surface area contributed by atoms with Crippen LogP contribution in [0.1, 0.15) is 47.5 Å². The highest BCUT2D eigenvalue weighted by atomic mass is 32.2. The maximum absolute atomic E-state index is 11.5. The monoisotopic (exact) mass is 202 g/mol. The van der Waals surface area contributed by atoms with Crippen LogP contribution in [0.2, 0.25) is 0 Å². The van der Waals surface area contributed by atoms with E-state index in [4.69, 9.17) is 0 Å². The van der Waals surface area contributed by atoms with E-state index in [0.29, 0.717) is 10.5 Å². The Labute approximate surface area is 86.7 Å². The largest absolute Gasteiger partial charge is 0.287 e. The Balaban J connectivity index is 4.11. The van der Waals surface area contributed by atoms with Crippen molar-refractivity contribution in [1.29, 1.82) is 0 Å². The molecule has 0 rings (SSSR count). The van der Waals surface area contributed by atoms with E-state index in [1.54, 1.807) is 0 Å². The zero-order valence-electron chi connectivity index (χ0n) is 9.73. The molecule has 0 amide bonds. The van der Waals surface area contributed by atoms with Crippen molar-refractivity contribution in [3.63, 3.8) is 0 Å². The van der Waals surface area contributed by atoms with E-state index >= 15 is 0 Å². The van der Waals surface area contributed by atoms with Crippen LogP contribution in [0, 0.1) is 10.8 Å². The third kappa shape index (κ3) is 5.35. The van der Waals surface area contributed by atoms with Crippen molar-refractivity contribution in [1.82, 2.24) is 0 Å². The molecule has 0 aromatic rings. The summed E-state index contributed by atoms with van der Waals surface area (Å²) in [5, 5.41) is 0.303. The summed E-state index contributed by atoms with van der Waals surface area (Å²) in [6.07, 6.45) is 3.95. The molecule has 0 heterocycles. The van der Waals surface area contributed by atoms with Gasteiger partial charge in [0.2, 0.25) is 0 Å². The maximum atomic E-state index is 11.5. The van der Waals surface area contributed by atoms with Crippen LogP contribution in [0.3, 0.4) is 0 Å². The molecule has 2 heteroatoms. The van der Waals surface area contributed by atoms with E-state index < -0.39 is 0 Å². The molecule has 0 aliphatic carbocycles. The molecule has 0 radical (unpaired) electrons. The second kappa shape index (κ2) is 4.50. The summed E-state index contributed by atoms with van der Waals surface area (Å²) in [5.41, 5.74) is 0.169. The Morgan fingerprint density at radius 3 is 1.85 bits per heavy atom. The fourth-order valence-electron chi connectivity index (χ4n) is 1.07. The molecule has 0 aliphatic rings. The standard InChI is InChI=1S/C11H22OS/c1-10(2,3)7-8-11(4,5)9(12)13-6/h7-8H2,1-6H3. The Bertz CT molecular complexity index is 177. The van der Waals surface area contributed by atoms with Gasteiger partial charge in [-0.15, -0.1) is 0 Å². The Morgan fingerprint density at radius 2 is 1.54 bits per heavy atom. The van der Waals surface area contributed by atoms with Crippen molar-refractivity contribution in [3.05, 3.63) is 0 Å². The van der Waals surface area contributed by atoms with Crippen molar-refractivity contribution < 1.29 is 4.79 Å². The number of hydrogen-bond acceptors (Lipinski definition) is 2. The van der Waals surface area contributed by atoms with Crippen LogP contribution in [-0.2, 0) is 4.79 Å². The highest BCUT2D eigenvalue weighted by molar-refractivity contribution is 8.13. The van der Waals surface area contributed by atoms with Crippen LogP contribution >= 0.6 is 11.8 Å². The van der Waals surface area contributed by atoms with Gasteiger partial charge in [0.1, 0.15) is 0 Å². The minimum atomic E-state index is -0.160. The second-order valence-corrected chi connectivity index (χ2v) is 6.22. The zero-order chi connectivity index (χ0) is 10.7. The van der Waals surface area contributed by atoms with E-state index in [2.05, 4.69) is 20.8 Å². The van der Waals surface area contributed by atoms with Gasteiger partial charge in [0.15, 0.2) is 5.12 Å². The van der Waals surface area contributed by atoms with Crippen LogP contribution in [0.4, 0.5) is 0 Å². The number of thioether (sulfide) groups is 1. The molecular weight excluding hydrogens is 180 g/mol. The first-order valence-electron chi connectivity index (χ1n) is 4.77. The minimum Gasteiger partial charge on any atom is -0.287 e. The van der Waals surface area contributed by atoms with Gasteiger partial charge in [0.05, 0.1) is 0 Å². The molecule has 0 spiro atoms. The predicted octanol–water partition coefficient (Wildman–Crippen LogP) is 3.73. The summed E-state index contributed by atoms with van der Waals surface area (Å²) >= 11 is 1.34. The highest BCUT2D eigenvalue weighted by Gasteiger charge is 2.28. The van der Waals surface area contributed by atoms with Crippen LogP contribution in [-0.4, -0.2) is 11.4 Å². The fourth-order valence-corrected chi connectivity index (χ4v) is 1.72. The smallest absolute Gasteiger partial charge is 0.194 e. The summed E-state index contributed by atoms with van der Waals surface area (Å²) in [5.74, 6) is 0. The third-order valence-corrected chi connectivity index (χ3v) is 3.16. The molecule has 0 N–H and O–H groups in total. The van der Waals surface area contributed by atoms with Crippen LogP contribution in [0.15, 0.2) is 0 Å². The first kappa shape index (κ1) is 13.0. The van der Waals surface area contributed by atoms with Gasteiger partial charge < -0.3 is 0 Å². The minimum absolute atomic E-state index is 0.160. The molecule has 78 valence electrons. The molecule has 0 saturated heterocycles. The topological polar surface area (TPSA) is 17.1 Å². The van der Waals surface area contributed by atoms with Crippen LogP contribution in [0.25, 0.3) is 0 Å². The molecule has 0 fully saturated rings. The third-order valence-electron chi connectivity index (χ3n) is 2.24. The normalized spacial score (nSPS) is 13.1. The van der Waals surface area contributed by atoms with E-state index in [9.17, 15) is 4.79 Å². The number of rotatable bonds is 3. The molecule has 0 aliphatic heterocycles. The SMILES string of the molecule is CSC(=O)C(C)(C)CCC(C)(C)C. The van der Waals surface area contributed by atoms with Crippen molar-refractivity contribution in [2.75, 3.05) is 6.26 Å². The summed E-state index contributed by atoms with van der Waals surface area (Å²) in [7, 11) is 0. The fraction of sp³-hybridized carbons (Fsp3) is 0.909. The van der Waals surface area contributed by atoms with Gasteiger partial charge >= 0.3 is 0 Å². The van der Waals surface area contributed by atoms with Crippen LogP contribution < -0.4 is 0 Å². The van der Waals surface area contributed by atoms with Gasteiger partial charge in [0, 0.05) is 5.41 Å². The summed E-state index contributed by atoms with van der Waals surface area (Å²) in [6, 6.07) is 0. The molecule has 0 bridgehead atoms. The highest BCUT2D eigenvalue weighted by Crippen LogP contribution is 2.33. The lowest BCUT2D eigenvalue weighted by molar-refractivity contribution is -0.118. The lowest BCUT2D eigenvalue weighted by Crippen LogP contribution is -2.23. The van der Waals surface area contributed by atoms with Crippen molar-refractivity contribution in [2.24, 2.45) is 10.8 Å². The average Bonchev–Trinajstić information content (AvgIpc) is 1.98. The average molecular weight is 202 g/mol. The Hall–Kier alpha value is 0.0200. The lowest BCUT2D eigenvalue weighted by Gasteiger charge is -2.26. The van der Waals surface area contributed by atoms with Gasteiger partial charge in [-0.3, -0.25) is 4.79 Å². The maximum Gasteiger partial charge on any atom is 0.194 e. The van der Waals surface area contributed by atoms with Gasteiger partial charge in [-0.05, 0) is 24.5 Å². The molecule has 13 heavy (non-hydrogen) atoms. The first-order valence-corrected chi connectivity index (χ1v) is 6.00. The molecule has 0 aromatic heterocycles. The van der Waals surface area contributed by atoms with E-state index in [0.717, 1.165) is 12.8 Å². The van der Waals surface area contributed by atoms with E-state index in [1.807, 2.05) is 20.1 Å². The number of hydrogen-bond donors (Lipinski definition) is 0. The van der Waals surface area contributed by atoms with Gasteiger partial charge in [-0.2, -0.15) is 0 Å². The quantitative estimate of drug-likeness (QED) is 0.693. The Kier molecular flexibility index (Phi) is 4.50. The zero-order valence-corrected chi connectivity index (χ0v) is 10.5.